The topological polar surface area (TPSA) is 102 Å². The van der Waals surface area contributed by atoms with Crippen molar-refractivity contribution >= 4 is 33.9 Å². The lowest BCUT2D eigenvalue weighted by Crippen LogP contribution is -2.13. The predicted molar refractivity (Wildman–Crippen MR) is 125 cm³/mol. The molecular formula is C24H31N3O3S. The van der Waals surface area contributed by atoms with E-state index in [0.29, 0.717) is 30.8 Å². The van der Waals surface area contributed by atoms with Crippen LogP contribution in [0, 0.1) is 0 Å². The number of nitrogens with two attached hydrogens (primary N) is 1. The molecule has 166 valence electrons. The largest absolute Gasteiger partial charge is 0.394 e. The SMILES string of the molecule is CN/C=C\C(N)=NC(=O)/C(=C\CCCC(C)=O)c1ccc(S(=O)C2CC2)c(C2CC2)c1. The second kappa shape index (κ2) is 10.7. The number of hydrogen-bond donors (Lipinski definition) is 2. The van der Waals surface area contributed by atoms with Crippen LogP contribution in [0.25, 0.3) is 5.57 Å². The second-order valence-corrected chi connectivity index (χ2v) is 9.90. The first-order valence-corrected chi connectivity index (χ1v) is 12.1. The van der Waals surface area contributed by atoms with E-state index in [9.17, 15) is 13.8 Å². The van der Waals surface area contributed by atoms with Gasteiger partial charge in [0.1, 0.15) is 11.6 Å². The molecule has 2 aliphatic rings. The molecule has 1 aromatic carbocycles. The Labute approximate surface area is 186 Å². The zero-order valence-electron chi connectivity index (χ0n) is 18.2. The Morgan fingerprint density at radius 3 is 2.61 bits per heavy atom. The Morgan fingerprint density at radius 1 is 1.26 bits per heavy atom. The molecule has 1 amide bonds. The standard InChI is InChI=1S/C24H31N3O3S/c1-16(28)5-3-4-6-20(24(29)27-23(25)13-14-26-2)18-9-12-22(31(30)19-10-11-19)21(15-18)17-7-8-17/h6,9,12-15,17,19,26H,3-5,7-8,10-11H2,1-2H3,(H2,25,27,29)/b14-13-,20-6-. The molecule has 1 aromatic rings. The highest BCUT2D eigenvalue weighted by molar-refractivity contribution is 7.86. The second-order valence-electron chi connectivity index (χ2n) is 8.20. The van der Waals surface area contributed by atoms with E-state index in [1.165, 1.54) is 6.08 Å². The normalized spacial score (nSPS) is 18.3. The number of aliphatic imine (C=N–C) groups is 1. The molecule has 0 heterocycles. The van der Waals surface area contributed by atoms with E-state index in [-0.39, 0.29) is 16.9 Å². The number of benzene rings is 1. The van der Waals surface area contributed by atoms with Crippen LogP contribution in [0.5, 0.6) is 0 Å². The van der Waals surface area contributed by atoms with Crippen LogP contribution in [0.4, 0.5) is 0 Å². The first-order chi connectivity index (χ1) is 14.9. The highest BCUT2D eigenvalue weighted by atomic mass is 32.2. The number of carbonyl (C=O) groups is 2. The van der Waals surface area contributed by atoms with Crippen LogP contribution in [0.1, 0.15) is 68.9 Å². The molecule has 0 bridgehead atoms. The van der Waals surface area contributed by atoms with Gasteiger partial charge in [0.2, 0.25) is 0 Å². The minimum Gasteiger partial charge on any atom is -0.394 e. The van der Waals surface area contributed by atoms with Crippen molar-refractivity contribution in [2.24, 2.45) is 10.7 Å². The van der Waals surface area contributed by atoms with Gasteiger partial charge in [0.25, 0.3) is 5.91 Å². The number of nitrogens with one attached hydrogen (secondary N) is 1. The van der Waals surface area contributed by atoms with Crippen LogP contribution in [-0.4, -0.2) is 34.0 Å². The molecule has 1 unspecified atom stereocenters. The van der Waals surface area contributed by atoms with E-state index in [2.05, 4.69) is 10.3 Å². The maximum absolute atomic E-state index is 13.0. The summed E-state index contributed by atoms with van der Waals surface area (Å²) in [5, 5.41) is 3.09. The molecule has 0 saturated heterocycles. The van der Waals surface area contributed by atoms with Crippen LogP contribution in [0.15, 0.2) is 46.4 Å². The molecular weight excluding hydrogens is 410 g/mol. The fourth-order valence-electron chi connectivity index (χ4n) is 3.38. The average molecular weight is 442 g/mol. The van der Waals surface area contributed by atoms with Gasteiger partial charge in [0, 0.05) is 29.2 Å². The minimum absolute atomic E-state index is 0.114. The smallest absolute Gasteiger partial charge is 0.279 e. The molecule has 0 aliphatic heterocycles. The van der Waals surface area contributed by atoms with Crippen LogP contribution < -0.4 is 11.1 Å². The predicted octanol–water partition coefficient (Wildman–Crippen LogP) is 3.59. The Bertz CT molecular complexity index is 957. The number of allylic oxidation sites excluding steroid dienone is 1. The highest BCUT2D eigenvalue weighted by Crippen LogP contribution is 2.45. The molecule has 31 heavy (non-hydrogen) atoms. The molecule has 0 radical (unpaired) electrons. The summed E-state index contributed by atoms with van der Waals surface area (Å²) in [5.74, 6) is 0.240. The van der Waals surface area contributed by atoms with Gasteiger partial charge in [-0.2, -0.15) is 4.99 Å². The van der Waals surface area contributed by atoms with E-state index in [0.717, 1.165) is 41.7 Å². The summed E-state index contributed by atoms with van der Waals surface area (Å²) in [7, 11) is 0.756. The number of rotatable bonds is 11. The number of amidine groups is 1. The first kappa shape index (κ1) is 23.1. The lowest BCUT2D eigenvalue weighted by Gasteiger charge is -2.12. The van der Waals surface area contributed by atoms with Gasteiger partial charge in [-0.15, -0.1) is 0 Å². The number of Topliss-reactive ketones (excluding diaryl/α,β-unsaturated/α-hetero) is 1. The Kier molecular flexibility index (Phi) is 7.96. The number of ketones is 1. The van der Waals surface area contributed by atoms with Crippen LogP contribution >= 0.6 is 0 Å². The van der Waals surface area contributed by atoms with E-state index in [1.54, 1.807) is 20.2 Å². The number of nitrogens with zero attached hydrogens (tertiary/aromatic N) is 1. The van der Waals surface area contributed by atoms with Gasteiger partial charge in [0.15, 0.2) is 0 Å². The van der Waals surface area contributed by atoms with Crippen LogP contribution in [0.3, 0.4) is 0 Å². The van der Waals surface area contributed by atoms with Crippen molar-refractivity contribution in [3.8, 4) is 0 Å². The zero-order valence-corrected chi connectivity index (χ0v) is 19.0. The first-order valence-electron chi connectivity index (χ1n) is 10.9. The average Bonchev–Trinajstić information content (AvgIpc) is 3.64. The summed E-state index contributed by atoms with van der Waals surface area (Å²) >= 11 is 0. The van der Waals surface area contributed by atoms with Gasteiger partial charge in [-0.25, -0.2) is 0 Å². The fraction of sp³-hybridized carbons (Fsp3) is 0.458. The van der Waals surface area contributed by atoms with E-state index < -0.39 is 16.7 Å². The number of amides is 1. The molecule has 1 atom stereocenters. The quantitative estimate of drug-likeness (QED) is 0.236. The lowest BCUT2D eigenvalue weighted by molar-refractivity contribution is -0.117. The van der Waals surface area contributed by atoms with E-state index in [4.69, 9.17) is 5.73 Å². The summed E-state index contributed by atoms with van der Waals surface area (Å²) in [4.78, 5) is 29.2. The summed E-state index contributed by atoms with van der Waals surface area (Å²) in [6.07, 6.45) is 10.9. The third-order valence-corrected chi connectivity index (χ3v) is 7.23. The van der Waals surface area contributed by atoms with Crippen molar-refractivity contribution in [2.45, 2.75) is 67.9 Å². The maximum Gasteiger partial charge on any atom is 0.279 e. The van der Waals surface area contributed by atoms with Gasteiger partial charge in [-0.1, -0.05) is 12.1 Å². The zero-order chi connectivity index (χ0) is 22.4. The van der Waals surface area contributed by atoms with Gasteiger partial charge >= 0.3 is 0 Å². The summed E-state index contributed by atoms with van der Waals surface area (Å²) in [6, 6.07) is 5.80. The van der Waals surface area contributed by atoms with Crippen LogP contribution in [-0.2, 0) is 20.4 Å². The molecule has 2 aliphatic carbocycles. The molecule has 0 aromatic heterocycles. The third-order valence-electron chi connectivity index (χ3n) is 5.35. The van der Waals surface area contributed by atoms with Gasteiger partial charge in [-0.3, -0.25) is 9.00 Å². The molecule has 3 rings (SSSR count). The Hall–Kier alpha value is -2.54. The Balaban J connectivity index is 1.92. The molecule has 2 fully saturated rings. The number of carbonyl (C=O) groups excluding carboxylic acids is 2. The summed E-state index contributed by atoms with van der Waals surface area (Å²) < 4.78 is 12.8. The van der Waals surface area contributed by atoms with Crippen molar-refractivity contribution in [1.82, 2.24) is 5.32 Å². The fourth-order valence-corrected chi connectivity index (χ4v) is 4.97. The summed E-state index contributed by atoms with van der Waals surface area (Å²) in [6.45, 7) is 1.56. The minimum atomic E-state index is -0.979. The van der Waals surface area contributed by atoms with Crippen molar-refractivity contribution in [3.63, 3.8) is 0 Å². The van der Waals surface area contributed by atoms with E-state index in [1.807, 2.05) is 24.3 Å². The molecule has 2 saturated carbocycles. The maximum atomic E-state index is 13.0. The van der Waals surface area contributed by atoms with Crippen molar-refractivity contribution in [2.75, 3.05) is 7.05 Å². The van der Waals surface area contributed by atoms with Crippen LogP contribution in [0.2, 0.25) is 0 Å². The molecule has 0 spiro atoms. The monoisotopic (exact) mass is 441 g/mol. The van der Waals surface area contributed by atoms with E-state index >= 15 is 0 Å². The molecule has 7 heteroatoms. The van der Waals surface area contributed by atoms with Crippen molar-refractivity contribution in [3.05, 3.63) is 47.7 Å². The van der Waals surface area contributed by atoms with Crippen molar-refractivity contribution in [1.29, 1.82) is 0 Å². The lowest BCUT2D eigenvalue weighted by atomic mass is 9.99. The van der Waals surface area contributed by atoms with Gasteiger partial charge < -0.3 is 15.8 Å². The van der Waals surface area contributed by atoms with Crippen molar-refractivity contribution < 1.29 is 13.8 Å². The Morgan fingerprint density at radius 2 is 2.00 bits per heavy atom. The summed E-state index contributed by atoms with van der Waals surface area (Å²) in [5.41, 5.74) is 8.18. The number of hydrogen-bond acceptors (Lipinski definition) is 4. The third kappa shape index (κ3) is 6.72. The van der Waals surface area contributed by atoms with Gasteiger partial charge in [-0.05, 0) is 86.9 Å². The van der Waals surface area contributed by atoms with Gasteiger partial charge in [0.05, 0.1) is 10.8 Å². The molecule has 6 nitrogen and oxygen atoms in total. The number of unbranched alkanes of at least 4 members (excludes halogenated alkanes) is 1. The molecule has 3 N–H and O–H groups in total. The highest BCUT2D eigenvalue weighted by Gasteiger charge is 2.34.